The smallest absolute Gasteiger partial charge is 0.335 e. The second kappa shape index (κ2) is 8.71. The average Bonchev–Trinajstić information content (AvgIpc) is 3.14. The van der Waals surface area contributed by atoms with Crippen molar-refractivity contribution in [1.82, 2.24) is 9.97 Å². The van der Waals surface area contributed by atoms with Crippen molar-refractivity contribution in [2.24, 2.45) is 0 Å². The van der Waals surface area contributed by atoms with Gasteiger partial charge in [-0.3, -0.25) is 0 Å². The molecule has 7 heteroatoms. The van der Waals surface area contributed by atoms with Gasteiger partial charge in [0.1, 0.15) is 6.61 Å². The normalized spacial score (nSPS) is 16.5. The van der Waals surface area contributed by atoms with Crippen LogP contribution >= 0.6 is 11.3 Å². The molecule has 1 aromatic carbocycles. The van der Waals surface area contributed by atoms with Gasteiger partial charge in [-0.25, -0.2) is 14.8 Å². The van der Waals surface area contributed by atoms with Crippen molar-refractivity contribution in [2.75, 3.05) is 13.2 Å². The standard InChI is InChI=1S/C22H22N2O4S/c1-14-20(29-22(23-14)28-13-17-5-2-3-12-27-17)19-7-4-6-18(24-19)15-8-10-16(11-9-15)21(25)26/h4,6-11,17H,2-3,5,12-13H2,1H3,(H,25,26). The number of pyridine rings is 1. The Labute approximate surface area is 173 Å². The second-order valence-corrected chi connectivity index (χ2v) is 7.95. The van der Waals surface area contributed by atoms with E-state index in [0.717, 1.165) is 47.0 Å². The molecule has 3 aromatic rings. The van der Waals surface area contributed by atoms with E-state index >= 15 is 0 Å². The number of hydrogen-bond acceptors (Lipinski definition) is 6. The summed E-state index contributed by atoms with van der Waals surface area (Å²) in [6, 6.07) is 12.5. The molecule has 1 aliphatic rings. The maximum absolute atomic E-state index is 11.0. The number of carboxylic acids is 1. The van der Waals surface area contributed by atoms with Gasteiger partial charge < -0.3 is 14.6 Å². The van der Waals surface area contributed by atoms with Crippen LogP contribution in [0.2, 0.25) is 0 Å². The first-order chi connectivity index (χ1) is 14.1. The summed E-state index contributed by atoms with van der Waals surface area (Å²) >= 11 is 1.48. The zero-order chi connectivity index (χ0) is 20.2. The third-order valence-corrected chi connectivity index (χ3v) is 5.95. The summed E-state index contributed by atoms with van der Waals surface area (Å²) < 4.78 is 11.6. The molecule has 29 heavy (non-hydrogen) atoms. The van der Waals surface area contributed by atoms with Gasteiger partial charge in [0, 0.05) is 12.2 Å². The molecule has 0 amide bonds. The number of aryl methyl sites for hydroxylation is 1. The van der Waals surface area contributed by atoms with E-state index < -0.39 is 5.97 Å². The quantitative estimate of drug-likeness (QED) is 0.627. The van der Waals surface area contributed by atoms with Crippen LogP contribution in [-0.2, 0) is 4.74 Å². The van der Waals surface area contributed by atoms with Crippen molar-refractivity contribution in [1.29, 1.82) is 0 Å². The monoisotopic (exact) mass is 410 g/mol. The number of carbonyl (C=O) groups is 1. The highest BCUT2D eigenvalue weighted by molar-refractivity contribution is 7.17. The Morgan fingerprint density at radius 3 is 2.69 bits per heavy atom. The van der Waals surface area contributed by atoms with E-state index in [-0.39, 0.29) is 11.7 Å². The van der Waals surface area contributed by atoms with Crippen LogP contribution in [0.1, 0.15) is 35.3 Å². The lowest BCUT2D eigenvalue weighted by Crippen LogP contribution is -2.25. The summed E-state index contributed by atoms with van der Waals surface area (Å²) in [6.07, 6.45) is 3.48. The predicted octanol–water partition coefficient (Wildman–Crippen LogP) is 4.83. The van der Waals surface area contributed by atoms with Gasteiger partial charge in [-0.05, 0) is 50.5 Å². The van der Waals surface area contributed by atoms with Crippen LogP contribution in [0.5, 0.6) is 5.19 Å². The Balaban J connectivity index is 1.51. The third kappa shape index (κ3) is 4.63. The maximum atomic E-state index is 11.0. The van der Waals surface area contributed by atoms with Gasteiger partial charge >= 0.3 is 5.97 Å². The van der Waals surface area contributed by atoms with Crippen molar-refractivity contribution in [3.8, 4) is 27.0 Å². The Kier molecular flexibility index (Phi) is 5.87. The molecule has 4 rings (SSSR count). The first kappa shape index (κ1) is 19.5. The molecule has 0 spiro atoms. The van der Waals surface area contributed by atoms with E-state index in [0.29, 0.717) is 11.8 Å². The highest BCUT2D eigenvalue weighted by Gasteiger charge is 2.17. The Morgan fingerprint density at radius 2 is 1.97 bits per heavy atom. The summed E-state index contributed by atoms with van der Waals surface area (Å²) in [5, 5.41) is 9.69. The average molecular weight is 410 g/mol. The molecule has 1 fully saturated rings. The number of aromatic carboxylic acids is 1. The van der Waals surface area contributed by atoms with Crippen LogP contribution in [0.25, 0.3) is 21.8 Å². The molecule has 6 nitrogen and oxygen atoms in total. The largest absolute Gasteiger partial charge is 0.478 e. The lowest BCUT2D eigenvalue weighted by Gasteiger charge is -2.21. The fraction of sp³-hybridized carbons (Fsp3) is 0.318. The minimum atomic E-state index is -0.940. The van der Waals surface area contributed by atoms with Gasteiger partial charge in [-0.1, -0.05) is 29.5 Å². The molecule has 1 saturated heterocycles. The zero-order valence-electron chi connectivity index (χ0n) is 16.1. The maximum Gasteiger partial charge on any atom is 0.335 e. The molecule has 0 bridgehead atoms. The topological polar surface area (TPSA) is 81.5 Å². The Bertz CT molecular complexity index is 994. The number of ether oxygens (including phenoxy) is 2. The van der Waals surface area contributed by atoms with Gasteiger partial charge in [0.15, 0.2) is 0 Å². The summed E-state index contributed by atoms with van der Waals surface area (Å²) in [5.74, 6) is -0.940. The Hall–Kier alpha value is -2.77. The van der Waals surface area contributed by atoms with Crippen molar-refractivity contribution < 1.29 is 19.4 Å². The lowest BCUT2D eigenvalue weighted by molar-refractivity contribution is -0.0111. The molecule has 1 N–H and O–H groups in total. The fourth-order valence-electron chi connectivity index (χ4n) is 3.28. The predicted molar refractivity (Wildman–Crippen MR) is 112 cm³/mol. The van der Waals surface area contributed by atoms with Crippen LogP contribution in [0.15, 0.2) is 42.5 Å². The lowest BCUT2D eigenvalue weighted by atomic mass is 10.1. The van der Waals surface area contributed by atoms with Crippen molar-refractivity contribution in [2.45, 2.75) is 32.3 Å². The first-order valence-corrected chi connectivity index (χ1v) is 10.4. The van der Waals surface area contributed by atoms with E-state index in [9.17, 15) is 4.79 Å². The van der Waals surface area contributed by atoms with E-state index in [1.165, 1.54) is 17.8 Å². The van der Waals surface area contributed by atoms with E-state index in [2.05, 4.69) is 4.98 Å². The van der Waals surface area contributed by atoms with Crippen LogP contribution in [0.4, 0.5) is 0 Å². The second-order valence-electron chi connectivity index (χ2n) is 6.98. The van der Waals surface area contributed by atoms with Crippen LogP contribution in [0, 0.1) is 6.92 Å². The Morgan fingerprint density at radius 1 is 1.17 bits per heavy atom. The SMILES string of the molecule is Cc1nc(OCC2CCCCO2)sc1-c1cccc(-c2ccc(C(=O)O)cc2)n1. The van der Waals surface area contributed by atoms with E-state index in [1.54, 1.807) is 24.3 Å². The molecular formula is C22H22N2O4S. The minimum absolute atomic E-state index is 0.145. The molecule has 1 aliphatic heterocycles. The number of hydrogen-bond donors (Lipinski definition) is 1. The van der Waals surface area contributed by atoms with Gasteiger partial charge in [0.2, 0.25) is 0 Å². The molecule has 150 valence electrons. The molecule has 0 radical (unpaired) electrons. The summed E-state index contributed by atoms with van der Waals surface area (Å²) in [7, 11) is 0. The number of aromatic nitrogens is 2. The minimum Gasteiger partial charge on any atom is -0.478 e. The number of rotatable bonds is 6. The summed E-state index contributed by atoms with van der Waals surface area (Å²) in [4.78, 5) is 21.3. The van der Waals surface area contributed by atoms with Gasteiger partial charge in [0.05, 0.1) is 33.6 Å². The fourth-order valence-corrected chi connectivity index (χ4v) is 4.18. The van der Waals surface area contributed by atoms with Crippen molar-refractivity contribution >= 4 is 17.3 Å². The van der Waals surface area contributed by atoms with Gasteiger partial charge in [0.25, 0.3) is 5.19 Å². The van der Waals surface area contributed by atoms with E-state index in [1.807, 2.05) is 25.1 Å². The molecular weight excluding hydrogens is 388 g/mol. The number of benzene rings is 1. The first-order valence-electron chi connectivity index (χ1n) is 9.63. The zero-order valence-corrected chi connectivity index (χ0v) is 16.9. The molecule has 0 saturated carbocycles. The molecule has 0 aliphatic carbocycles. The number of carboxylic acid groups (broad SMARTS) is 1. The highest BCUT2D eigenvalue weighted by atomic mass is 32.1. The summed E-state index contributed by atoms with van der Waals surface area (Å²) in [5.41, 5.74) is 3.60. The molecule has 3 heterocycles. The molecule has 1 unspecified atom stereocenters. The van der Waals surface area contributed by atoms with Crippen molar-refractivity contribution in [3.63, 3.8) is 0 Å². The molecule has 1 atom stereocenters. The van der Waals surface area contributed by atoms with Gasteiger partial charge in [-0.15, -0.1) is 0 Å². The molecule has 2 aromatic heterocycles. The third-order valence-electron chi connectivity index (χ3n) is 4.85. The number of nitrogens with zero attached hydrogens (tertiary/aromatic N) is 2. The highest BCUT2D eigenvalue weighted by Crippen LogP contribution is 2.34. The van der Waals surface area contributed by atoms with Crippen LogP contribution in [-0.4, -0.2) is 40.4 Å². The number of thiazole rings is 1. The van der Waals surface area contributed by atoms with Crippen LogP contribution < -0.4 is 4.74 Å². The van der Waals surface area contributed by atoms with E-state index in [4.69, 9.17) is 19.6 Å². The summed E-state index contributed by atoms with van der Waals surface area (Å²) in [6.45, 7) is 3.28. The van der Waals surface area contributed by atoms with Crippen LogP contribution in [0.3, 0.4) is 0 Å². The van der Waals surface area contributed by atoms with Gasteiger partial charge in [-0.2, -0.15) is 0 Å². The van der Waals surface area contributed by atoms with Crippen molar-refractivity contribution in [3.05, 3.63) is 53.7 Å².